The highest BCUT2D eigenvalue weighted by atomic mass is 16.4. The second kappa shape index (κ2) is 11.5. The number of nitrogens with one attached hydrogen (secondary N) is 2. The van der Waals surface area contributed by atoms with Crippen LogP contribution in [-0.4, -0.2) is 59.7 Å². The quantitative estimate of drug-likeness (QED) is 0.378. The summed E-state index contributed by atoms with van der Waals surface area (Å²) in [6.07, 6.45) is 2.16. The minimum atomic E-state index is -1.40. The summed E-state index contributed by atoms with van der Waals surface area (Å²) >= 11 is 0. The summed E-state index contributed by atoms with van der Waals surface area (Å²) in [6.45, 7) is 2.92. The van der Waals surface area contributed by atoms with Gasteiger partial charge in [-0.3, -0.25) is 0 Å². The van der Waals surface area contributed by atoms with Gasteiger partial charge in [0.05, 0.1) is 0 Å². The molecule has 0 heterocycles. The lowest BCUT2D eigenvalue weighted by Gasteiger charge is -2.09. The van der Waals surface area contributed by atoms with E-state index in [0.717, 1.165) is 0 Å². The maximum absolute atomic E-state index is 11.3. The van der Waals surface area contributed by atoms with Gasteiger partial charge < -0.3 is 20.8 Å². The summed E-state index contributed by atoms with van der Waals surface area (Å²) in [5.74, 6) is -2.81. The Morgan fingerprint density at radius 2 is 1.12 bits per heavy atom. The van der Waals surface area contributed by atoms with E-state index in [-0.39, 0.29) is 37.1 Å². The van der Waals surface area contributed by atoms with Gasteiger partial charge in [0.2, 0.25) is 0 Å². The van der Waals surface area contributed by atoms with Crippen molar-refractivity contribution >= 4 is 36.4 Å². The molecular formula is C14H20N4O6. The molecule has 0 radical (unpaired) electrons. The third kappa shape index (κ3) is 8.41. The zero-order chi connectivity index (χ0) is 18.5. The topological polar surface area (TPSA) is 158 Å². The maximum Gasteiger partial charge on any atom is 0.340 e. The fraction of sp³-hybridized carbons (Fsp3) is 0.429. The van der Waals surface area contributed by atoms with E-state index in [4.69, 9.17) is 0 Å². The van der Waals surface area contributed by atoms with Crippen LogP contribution < -0.4 is 10.6 Å². The highest BCUT2D eigenvalue weighted by molar-refractivity contribution is 5.99. The first-order valence-electron chi connectivity index (χ1n) is 7.05. The number of rotatable bonds is 8. The Balaban J connectivity index is 4.95. The van der Waals surface area contributed by atoms with Crippen molar-refractivity contribution in [3.8, 4) is 0 Å². The van der Waals surface area contributed by atoms with E-state index in [1.165, 1.54) is 12.4 Å². The predicted molar refractivity (Wildman–Crippen MR) is 86.7 cm³/mol. The Morgan fingerprint density at radius 1 is 0.792 bits per heavy atom. The number of amides is 4. The molecule has 0 aliphatic carbocycles. The molecule has 0 aromatic heterocycles. The lowest BCUT2D eigenvalue weighted by molar-refractivity contribution is -0.136. The SMILES string of the molecule is CC=NC(=O)NCC/C(C(=O)O)=C(\CCNC(=O)N=CC)C(=O)O. The molecule has 0 aliphatic heterocycles. The van der Waals surface area contributed by atoms with Crippen molar-refractivity contribution < 1.29 is 29.4 Å². The van der Waals surface area contributed by atoms with E-state index in [9.17, 15) is 29.4 Å². The van der Waals surface area contributed by atoms with E-state index in [1.807, 2.05) is 0 Å². The normalized spacial score (nSPS) is 12.1. The standard InChI is InChI=1S/C14H20N4O6/c1-3-15-13(23)17-7-5-9(11(19)20)10(12(21)22)6-8-18-14(24)16-4-2/h3-4H,5-8H2,1-2H3,(H,17,23)(H,18,24)(H,19,20)(H,21,22)/b10-9-,15-3?,16-4?. The van der Waals surface area contributed by atoms with Gasteiger partial charge in [-0.05, 0) is 26.7 Å². The van der Waals surface area contributed by atoms with Crippen molar-refractivity contribution in [3.63, 3.8) is 0 Å². The van der Waals surface area contributed by atoms with Crippen molar-refractivity contribution in [1.82, 2.24) is 10.6 Å². The number of urea groups is 2. The van der Waals surface area contributed by atoms with Gasteiger partial charge >= 0.3 is 24.0 Å². The third-order valence-electron chi connectivity index (χ3n) is 2.68. The van der Waals surface area contributed by atoms with E-state index in [0.29, 0.717) is 0 Å². The lowest BCUT2D eigenvalue weighted by Crippen LogP contribution is -2.25. The first-order valence-corrected chi connectivity index (χ1v) is 7.05. The van der Waals surface area contributed by atoms with E-state index < -0.39 is 24.0 Å². The van der Waals surface area contributed by atoms with Crippen molar-refractivity contribution in [3.05, 3.63) is 11.1 Å². The number of carbonyl (C=O) groups is 4. The summed E-state index contributed by atoms with van der Waals surface area (Å²) in [6, 6.07) is -1.30. The zero-order valence-electron chi connectivity index (χ0n) is 13.4. The number of carbonyl (C=O) groups excluding carboxylic acids is 2. The molecule has 10 heteroatoms. The number of hydrogen-bond donors (Lipinski definition) is 4. The Kier molecular flexibility index (Phi) is 10.1. The van der Waals surface area contributed by atoms with Gasteiger partial charge in [-0.15, -0.1) is 0 Å². The minimum Gasteiger partial charge on any atom is -0.478 e. The van der Waals surface area contributed by atoms with E-state index >= 15 is 0 Å². The van der Waals surface area contributed by atoms with Crippen molar-refractivity contribution in [1.29, 1.82) is 0 Å². The molecule has 0 fully saturated rings. The molecule has 0 bridgehead atoms. The summed E-state index contributed by atoms with van der Waals surface area (Å²) in [5, 5.41) is 23.0. The van der Waals surface area contributed by atoms with Crippen LogP contribution in [-0.2, 0) is 9.59 Å². The largest absolute Gasteiger partial charge is 0.478 e. The van der Waals surface area contributed by atoms with Crippen LogP contribution >= 0.6 is 0 Å². The number of hydrogen-bond acceptors (Lipinski definition) is 4. The Morgan fingerprint density at radius 3 is 1.38 bits per heavy atom. The highest BCUT2D eigenvalue weighted by Gasteiger charge is 2.20. The number of carboxylic acids is 2. The smallest absolute Gasteiger partial charge is 0.340 e. The van der Waals surface area contributed by atoms with Gasteiger partial charge in [0.1, 0.15) is 0 Å². The van der Waals surface area contributed by atoms with Gasteiger partial charge in [0, 0.05) is 36.7 Å². The molecule has 0 saturated carbocycles. The molecule has 132 valence electrons. The monoisotopic (exact) mass is 340 g/mol. The molecule has 0 spiro atoms. The second-order valence-electron chi connectivity index (χ2n) is 4.31. The van der Waals surface area contributed by atoms with Gasteiger partial charge in [-0.2, -0.15) is 0 Å². The van der Waals surface area contributed by atoms with E-state index in [1.54, 1.807) is 13.8 Å². The van der Waals surface area contributed by atoms with Gasteiger partial charge in [0.15, 0.2) is 0 Å². The average Bonchev–Trinajstić information content (AvgIpc) is 2.49. The Hall–Kier alpha value is -3.04. The van der Waals surface area contributed by atoms with Crippen LogP contribution in [0.15, 0.2) is 21.1 Å². The number of aliphatic carboxylic acids is 2. The predicted octanol–water partition coefficient (Wildman–Crippen LogP) is 0.833. The average molecular weight is 340 g/mol. The third-order valence-corrected chi connectivity index (χ3v) is 2.68. The molecule has 0 saturated heterocycles. The molecule has 4 N–H and O–H groups in total. The summed E-state index contributed by atoms with van der Waals surface area (Å²) in [4.78, 5) is 51.7. The molecule has 0 unspecified atom stereocenters. The molecular weight excluding hydrogens is 320 g/mol. The number of carboxylic acid groups (broad SMARTS) is 2. The second-order valence-corrected chi connectivity index (χ2v) is 4.31. The van der Waals surface area contributed by atoms with Gasteiger partial charge in [0.25, 0.3) is 0 Å². The van der Waals surface area contributed by atoms with Crippen molar-refractivity contribution in [2.45, 2.75) is 26.7 Å². The van der Waals surface area contributed by atoms with Crippen LogP contribution in [0.5, 0.6) is 0 Å². The highest BCUT2D eigenvalue weighted by Crippen LogP contribution is 2.13. The molecule has 0 aromatic rings. The van der Waals surface area contributed by atoms with Crippen molar-refractivity contribution in [2.75, 3.05) is 13.1 Å². The molecule has 24 heavy (non-hydrogen) atoms. The van der Waals surface area contributed by atoms with Crippen LogP contribution in [0.4, 0.5) is 9.59 Å². The zero-order valence-corrected chi connectivity index (χ0v) is 13.4. The first kappa shape index (κ1) is 21.0. The van der Waals surface area contributed by atoms with Crippen LogP contribution in [0.25, 0.3) is 0 Å². The fourth-order valence-corrected chi connectivity index (χ4v) is 1.69. The fourth-order valence-electron chi connectivity index (χ4n) is 1.69. The summed E-state index contributed by atoms with van der Waals surface area (Å²) in [5.41, 5.74) is -0.701. The van der Waals surface area contributed by atoms with Gasteiger partial charge in [-0.1, -0.05) is 0 Å². The first-order chi connectivity index (χ1) is 11.3. The Labute approximate surface area is 138 Å². The van der Waals surface area contributed by atoms with Crippen molar-refractivity contribution in [2.24, 2.45) is 9.98 Å². The summed E-state index contributed by atoms with van der Waals surface area (Å²) < 4.78 is 0. The summed E-state index contributed by atoms with van der Waals surface area (Å²) in [7, 11) is 0. The van der Waals surface area contributed by atoms with E-state index in [2.05, 4.69) is 20.6 Å². The minimum absolute atomic E-state index is 0.0823. The molecule has 0 aliphatic rings. The maximum atomic E-state index is 11.3. The Bertz CT molecular complexity index is 530. The van der Waals surface area contributed by atoms with Crippen LogP contribution in [0.1, 0.15) is 26.7 Å². The van der Waals surface area contributed by atoms with Crippen LogP contribution in [0.2, 0.25) is 0 Å². The number of nitrogens with zero attached hydrogens (tertiary/aromatic N) is 2. The molecule has 4 amide bonds. The lowest BCUT2D eigenvalue weighted by atomic mass is 10.0. The van der Waals surface area contributed by atoms with Gasteiger partial charge in [-0.25, -0.2) is 29.2 Å². The number of aliphatic imine (C=N–C) groups is 2. The molecule has 0 rings (SSSR count). The van der Waals surface area contributed by atoms with Crippen LogP contribution in [0, 0.1) is 0 Å². The molecule has 0 atom stereocenters. The molecule has 0 aromatic carbocycles. The van der Waals surface area contributed by atoms with Crippen LogP contribution in [0.3, 0.4) is 0 Å². The molecule has 10 nitrogen and oxygen atoms in total.